The number of likely N-dealkylation sites (tertiary alicyclic amines) is 1. The number of benzene rings is 1. The molecule has 2 aromatic rings. The highest BCUT2D eigenvalue weighted by Gasteiger charge is 2.29. The van der Waals surface area contributed by atoms with Crippen molar-refractivity contribution in [1.29, 1.82) is 0 Å². The van der Waals surface area contributed by atoms with E-state index in [9.17, 15) is 9.59 Å². The Bertz CT molecular complexity index is 860. The number of amides is 2. The molecule has 1 aliphatic rings. The molecule has 1 atom stereocenters. The summed E-state index contributed by atoms with van der Waals surface area (Å²) in [4.78, 5) is 31.7. The van der Waals surface area contributed by atoms with E-state index < -0.39 is 0 Å². The van der Waals surface area contributed by atoms with Gasteiger partial charge in [0.15, 0.2) is 5.13 Å². The van der Waals surface area contributed by atoms with Gasteiger partial charge in [-0.05, 0) is 46.2 Å². The quantitative estimate of drug-likeness (QED) is 0.580. The van der Waals surface area contributed by atoms with Crippen molar-refractivity contribution in [2.75, 3.05) is 38.7 Å². The molecule has 31 heavy (non-hydrogen) atoms. The minimum absolute atomic E-state index is 0.0186. The zero-order valence-corrected chi connectivity index (χ0v) is 19.3. The number of hydrogen-bond acceptors (Lipinski definition) is 6. The molecule has 7 nitrogen and oxygen atoms in total. The Labute approximate surface area is 188 Å². The first-order valence-corrected chi connectivity index (χ1v) is 11.7. The number of carbonyl (C=O) groups excluding carboxylic acids is 2. The first kappa shape index (κ1) is 23.4. The number of carbonyl (C=O) groups is 2. The van der Waals surface area contributed by atoms with Crippen LogP contribution in [0.2, 0.25) is 0 Å². The maximum atomic E-state index is 12.7. The zero-order valence-electron chi connectivity index (χ0n) is 18.5. The van der Waals surface area contributed by atoms with Gasteiger partial charge < -0.3 is 15.4 Å². The second-order valence-electron chi connectivity index (χ2n) is 8.02. The molecule has 2 heterocycles. The van der Waals surface area contributed by atoms with E-state index >= 15 is 0 Å². The third-order valence-corrected chi connectivity index (χ3v) is 6.49. The largest absolute Gasteiger partial charge is 0.385 e. The van der Waals surface area contributed by atoms with Crippen LogP contribution < -0.4 is 10.6 Å². The molecular weight excluding hydrogens is 412 g/mol. The van der Waals surface area contributed by atoms with Gasteiger partial charge >= 0.3 is 0 Å². The summed E-state index contributed by atoms with van der Waals surface area (Å²) in [5.41, 5.74) is 3.11. The molecule has 2 N–H and O–H groups in total. The Kier molecular flexibility index (Phi) is 8.57. The molecule has 3 rings (SSSR count). The van der Waals surface area contributed by atoms with Gasteiger partial charge in [0, 0.05) is 37.1 Å². The van der Waals surface area contributed by atoms with E-state index in [1.807, 2.05) is 24.4 Å². The fourth-order valence-electron chi connectivity index (χ4n) is 3.69. The molecule has 0 spiro atoms. The molecule has 1 saturated heterocycles. The summed E-state index contributed by atoms with van der Waals surface area (Å²) < 4.78 is 5.00. The van der Waals surface area contributed by atoms with Crippen molar-refractivity contribution >= 4 is 28.3 Å². The lowest BCUT2D eigenvalue weighted by molar-refractivity contribution is -0.127. The van der Waals surface area contributed by atoms with Crippen LogP contribution in [0.25, 0.3) is 11.3 Å². The number of methoxy groups -OCH3 is 1. The van der Waals surface area contributed by atoms with E-state index in [2.05, 4.69) is 39.6 Å². The van der Waals surface area contributed by atoms with Gasteiger partial charge in [-0.1, -0.05) is 29.8 Å². The molecule has 168 valence electrons. The smallest absolute Gasteiger partial charge is 0.243 e. The Balaban J connectivity index is 1.46. The Morgan fingerprint density at radius 1 is 1.26 bits per heavy atom. The van der Waals surface area contributed by atoms with Crippen molar-refractivity contribution in [2.45, 2.75) is 39.2 Å². The lowest BCUT2D eigenvalue weighted by atomic mass is 9.95. The molecule has 1 fully saturated rings. The number of ether oxygens (including phenoxy) is 1. The van der Waals surface area contributed by atoms with Crippen molar-refractivity contribution < 1.29 is 14.3 Å². The SMILES string of the molecule is COCCCNC(=O)C1CCN(C(C)C(=O)Nc2nc(-c3ccc(C)cc3)cs2)CC1. The Morgan fingerprint density at radius 2 is 1.97 bits per heavy atom. The molecule has 1 aliphatic heterocycles. The van der Waals surface area contributed by atoms with E-state index in [0.717, 1.165) is 43.6 Å². The van der Waals surface area contributed by atoms with Crippen molar-refractivity contribution in [3.63, 3.8) is 0 Å². The summed E-state index contributed by atoms with van der Waals surface area (Å²) in [5.74, 6) is 0.0663. The van der Waals surface area contributed by atoms with Gasteiger partial charge in [-0.25, -0.2) is 4.98 Å². The van der Waals surface area contributed by atoms with Gasteiger partial charge in [0.2, 0.25) is 11.8 Å². The number of nitrogens with zero attached hydrogens (tertiary/aromatic N) is 2. The monoisotopic (exact) mass is 444 g/mol. The van der Waals surface area contributed by atoms with E-state index in [1.165, 1.54) is 16.9 Å². The van der Waals surface area contributed by atoms with Crippen LogP contribution in [-0.4, -0.2) is 61.1 Å². The van der Waals surface area contributed by atoms with Gasteiger partial charge in [-0.3, -0.25) is 14.5 Å². The van der Waals surface area contributed by atoms with Crippen molar-refractivity contribution in [2.24, 2.45) is 5.92 Å². The maximum Gasteiger partial charge on any atom is 0.243 e. The highest BCUT2D eigenvalue weighted by Crippen LogP contribution is 2.26. The number of hydrogen-bond donors (Lipinski definition) is 2. The van der Waals surface area contributed by atoms with Crippen LogP contribution in [0.4, 0.5) is 5.13 Å². The molecule has 1 aromatic carbocycles. The summed E-state index contributed by atoms with van der Waals surface area (Å²) in [7, 11) is 1.66. The third-order valence-electron chi connectivity index (χ3n) is 5.73. The second-order valence-corrected chi connectivity index (χ2v) is 8.87. The fourth-order valence-corrected chi connectivity index (χ4v) is 4.41. The molecule has 8 heteroatoms. The number of thiazole rings is 1. The number of anilines is 1. The number of rotatable bonds is 9. The number of nitrogens with one attached hydrogen (secondary N) is 2. The Morgan fingerprint density at radius 3 is 2.65 bits per heavy atom. The summed E-state index contributed by atoms with van der Waals surface area (Å²) in [6, 6.07) is 7.92. The average Bonchev–Trinajstić information content (AvgIpc) is 3.25. The van der Waals surface area contributed by atoms with Crippen LogP contribution in [0.1, 0.15) is 31.7 Å². The highest BCUT2D eigenvalue weighted by atomic mass is 32.1. The van der Waals surface area contributed by atoms with Crippen LogP contribution in [0, 0.1) is 12.8 Å². The molecular formula is C23H32N4O3S. The first-order valence-electron chi connectivity index (χ1n) is 10.8. The molecule has 0 bridgehead atoms. The predicted octanol–water partition coefficient (Wildman–Crippen LogP) is 3.31. The van der Waals surface area contributed by atoms with Crippen molar-refractivity contribution in [3.8, 4) is 11.3 Å². The minimum Gasteiger partial charge on any atom is -0.385 e. The minimum atomic E-state index is -0.266. The van der Waals surface area contributed by atoms with Crippen LogP contribution in [0.15, 0.2) is 29.6 Å². The molecule has 1 unspecified atom stereocenters. The van der Waals surface area contributed by atoms with Gasteiger partial charge in [-0.2, -0.15) is 0 Å². The summed E-state index contributed by atoms with van der Waals surface area (Å²) >= 11 is 1.43. The lowest BCUT2D eigenvalue weighted by Gasteiger charge is -2.34. The van der Waals surface area contributed by atoms with Gasteiger partial charge in [0.25, 0.3) is 0 Å². The lowest BCUT2D eigenvalue weighted by Crippen LogP contribution is -2.48. The standard InChI is InChI=1S/C23H32N4O3S/c1-16-5-7-18(8-6-16)20-15-31-23(25-20)26-21(28)17(2)27-12-9-19(10-13-27)22(29)24-11-4-14-30-3/h5-8,15,17,19H,4,9-14H2,1-3H3,(H,24,29)(H,25,26,28). The first-order chi connectivity index (χ1) is 15.0. The second kappa shape index (κ2) is 11.4. The number of aromatic nitrogens is 1. The zero-order chi connectivity index (χ0) is 22.2. The highest BCUT2D eigenvalue weighted by molar-refractivity contribution is 7.14. The topological polar surface area (TPSA) is 83.6 Å². The van der Waals surface area contributed by atoms with Crippen LogP contribution in [0.3, 0.4) is 0 Å². The number of aryl methyl sites for hydroxylation is 1. The van der Waals surface area contributed by atoms with Crippen molar-refractivity contribution in [1.82, 2.24) is 15.2 Å². The molecule has 0 aliphatic carbocycles. The summed E-state index contributed by atoms with van der Waals surface area (Å²) in [6.07, 6.45) is 2.35. The van der Waals surface area contributed by atoms with Crippen molar-refractivity contribution in [3.05, 3.63) is 35.2 Å². The van der Waals surface area contributed by atoms with E-state index in [1.54, 1.807) is 7.11 Å². The Hall–Kier alpha value is -2.29. The van der Waals surface area contributed by atoms with Gasteiger partial charge in [0.1, 0.15) is 0 Å². The van der Waals surface area contributed by atoms with Gasteiger partial charge in [-0.15, -0.1) is 11.3 Å². The third kappa shape index (κ3) is 6.59. The van der Waals surface area contributed by atoms with E-state index in [0.29, 0.717) is 18.3 Å². The summed E-state index contributed by atoms with van der Waals surface area (Å²) in [6.45, 7) is 6.72. The van der Waals surface area contributed by atoms with Gasteiger partial charge in [0.05, 0.1) is 11.7 Å². The molecule has 0 saturated carbocycles. The molecule has 0 radical (unpaired) electrons. The number of piperidine rings is 1. The van der Waals surface area contributed by atoms with Crippen LogP contribution >= 0.6 is 11.3 Å². The fraction of sp³-hybridized carbons (Fsp3) is 0.522. The van der Waals surface area contributed by atoms with Crippen LogP contribution in [-0.2, 0) is 14.3 Å². The molecule has 2 amide bonds. The van der Waals surface area contributed by atoms with E-state index in [-0.39, 0.29) is 23.8 Å². The summed E-state index contributed by atoms with van der Waals surface area (Å²) in [5, 5.41) is 8.50. The normalized spacial score (nSPS) is 16.1. The molecule has 1 aromatic heterocycles. The van der Waals surface area contributed by atoms with E-state index in [4.69, 9.17) is 4.74 Å². The van der Waals surface area contributed by atoms with Crippen LogP contribution in [0.5, 0.6) is 0 Å². The predicted molar refractivity (Wildman–Crippen MR) is 124 cm³/mol. The average molecular weight is 445 g/mol. The maximum absolute atomic E-state index is 12.7.